The van der Waals surface area contributed by atoms with Gasteiger partial charge in [0.05, 0.1) is 6.61 Å². The van der Waals surface area contributed by atoms with E-state index >= 15 is 0 Å². The monoisotopic (exact) mass is 271 g/mol. The molecule has 0 aliphatic carbocycles. The van der Waals surface area contributed by atoms with E-state index < -0.39 is 6.17 Å². The number of aromatic nitrogens is 1. The fraction of sp³-hybridized carbons (Fsp3) is 0.667. The van der Waals surface area contributed by atoms with Gasteiger partial charge in [-0.2, -0.15) is 0 Å². The van der Waals surface area contributed by atoms with Gasteiger partial charge in [-0.1, -0.05) is 5.16 Å². The van der Waals surface area contributed by atoms with Gasteiger partial charge in [0.25, 0.3) is 0 Å². The molecule has 2 heterocycles. The van der Waals surface area contributed by atoms with Crippen LogP contribution in [-0.4, -0.2) is 53.0 Å². The maximum atomic E-state index is 13.2. The smallest absolute Gasteiger partial charge is 0.226 e. The Kier molecular flexibility index (Phi) is 4.49. The van der Waals surface area contributed by atoms with E-state index in [0.29, 0.717) is 24.5 Å². The molecular weight excluding hydrogens is 253 g/mol. The van der Waals surface area contributed by atoms with Crippen molar-refractivity contribution in [1.29, 1.82) is 0 Å². The SMILES string of the molecule is Cc1cc(NC(=O)CCN2C[C@@H](F)C[C@H]2CO)no1. The van der Waals surface area contributed by atoms with Crippen molar-refractivity contribution in [1.82, 2.24) is 10.1 Å². The number of aliphatic hydroxyl groups is 1. The minimum Gasteiger partial charge on any atom is -0.395 e. The second kappa shape index (κ2) is 6.12. The number of anilines is 1. The molecule has 2 N–H and O–H groups in total. The number of carbonyl (C=O) groups is 1. The average molecular weight is 271 g/mol. The number of rotatable bonds is 5. The number of aryl methyl sites for hydroxylation is 1. The van der Waals surface area contributed by atoms with Gasteiger partial charge in [-0.25, -0.2) is 4.39 Å². The predicted octanol–water partition coefficient (Wildman–Crippen LogP) is 0.716. The van der Waals surface area contributed by atoms with E-state index in [4.69, 9.17) is 9.63 Å². The fourth-order valence-corrected chi connectivity index (χ4v) is 2.26. The minimum atomic E-state index is -0.918. The molecular formula is C12H18FN3O3. The molecule has 2 atom stereocenters. The molecule has 0 unspecified atom stereocenters. The largest absolute Gasteiger partial charge is 0.395 e. The number of carbonyl (C=O) groups excluding carboxylic acids is 1. The number of halogens is 1. The summed E-state index contributed by atoms with van der Waals surface area (Å²) in [5.41, 5.74) is 0. The summed E-state index contributed by atoms with van der Waals surface area (Å²) < 4.78 is 18.0. The summed E-state index contributed by atoms with van der Waals surface area (Å²) in [6, 6.07) is 1.44. The molecule has 0 bridgehead atoms. The first kappa shape index (κ1) is 14.0. The Bertz CT molecular complexity index is 438. The van der Waals surface area contributed by atoms with Crippen LogP contribution in [-0.2, 0) is 4.79 Å². The van der Waals surface area contributed by atoms with Crippen LogP contribution in [0.1, 0.15) is 18.6 Å². The van der Waals surface area contributed by atoms with Crippen LogP contribution in [0.25, 0.3) is 0 Å². The van der Waals surface area contributed by atoms with Gasteiger partial charge in [0.15, 0.2) is 5.82 Å². The van der Waals surface area contributed by atoms with Crippen molar-refractivity contribution in [2.45, 2.75) is 32.0 Å². The second-order valence-electron chi connectivity index (χ2n) is 4.79. The Hall–Kier alpha value is -1.47. The molecule has 1 aliphatic heterocycles. The first-order chi connectivity index (χ1) is 9.08. The summed E-state index contributed by atoms with van der Waals surface area (Å²) in [5.74, 6) is 0.800. The molecule has 106 valence electrons. The number of nitrogens with one attached hydrogen (secondary N) is 1. The predicted molar refractivity (Wildman–Crippen MR) is 66.4 cm³/mol. The maximum Gasteiger partial charge on any atom is 0.226 e. The van der Waals surface area contributed by atoms with Crippen LogP contribution < -0.4 is 5.32 Å². The molecule has 0 spiro atoms. The maximum absolute atomic E-state index is 13.2. The Morgan fingerprint density at radius 1 is 1.74 bits per heavy atom. The van der Waals surface area contributed by atoms with Gasteiger partial charge in [0, 0.05) is 31.6 Å². The number of likely N-dealkylation sites (tertiary alicyclic amines) is 1. The molecule has 2 rings (SSSR count). The molecule has 1 fully saturated rings. The first-order valence-corrected chi connectivity index (χ1v) is 6.30. The molecule has 19 heavy (non-hydrogen) atoms. The van der Waals surface area contributed by atoms with E-state index in [0.717, 1.165) is 0 Å². The molecule has 7 heteroatoms. The Labute approximate surface area is 110 Å². The van der Waals surface area contributed by atoms with Crippen molar-refractivity contribution >= 4 is 11.7 Å². The summed E-state index contributed by atoms with van der Waals surface area (Å²) in [5, 5.41) is 15.4. The number of hydrogen-bond acceptors (Lipinski definition) is 5. The molecule has 0 aromatic carbocycles. The summed E-state index contributed by atoms with van der Waals surface area (Å²) >= 11 is 0. The van der Waals surface area contributed by atoms with Crippen LogP contribution in [0.3, 0.4) is 0 Å². The molecule has 0 saturated carbocycles. The fourth-order valence-electron chi connectivity index (χ4n) is 2.26. The quantitative estimate of drug-likeness (QED) is 0.825. The van der Waals surface area contributed by atoms with Crippen molar-refractivity contribution in [3.05, 3.63) is 11.8 Å². The molecule has 1 saturated heterocycles. The zero-order valence-electron chi connectivity index (χ0n) is 10.8. The summed E-state index contributed by atoms with van der Waals surface area (Å²) in [4.78, 5) is 13.5. The number of aliphatic hydroxyl groups excluding tert-OH is 1. The Morgan fingerprint density at radius 3 is 3.16 bits per heavy atom. The van der Waals surface area contributed by atoms with Gasteiger partial charge in [-0.15, -0.1) is 0 Å². The highest BCUT2D eigenvalue weighted by molar-refractivity contribution is 5.89. The van der Waals surface area contributed by atoms with Gasteiger partial charge in [-0.3, -0.25) is 9.69 Å². The lowest BCUT2D eigenvalue weighted by Gasteiger charge is -2.21. The van der Waals surface area contributed by atoms with Crippen molar-refractivity contribution in [3.63, 3.8) is 0 Å². The number of nitrogens with zero attached hydrogens (tertiary/aromatic N) is 2. The topological polar surface area (TPSA) is 78.6 Å². The number of amides is 1. The van der Waals surface area contributed by atoms with Crippen LogP contribution in [0.15, 0.2) is 10.6 Å². The van der Waals surface area contributed by atoms with Crippen LogP contribution >= 0.6 is 0 Å². The zero-order chi connectivity index (χ0) is 13.8. The van der Waals surface area contributed by atoms with Crippen LogP contribution in [0.2, 0.25) is 0 Å². The van der Waals surface area contributed by atoms with E-state index in [9.17, 15) is 9.18 Å². The molecule has 6 nitrogen and oxygen atoms in total. The molecule has 1 aliphatic rings. The molecule has 1 aromatic rings. The normalized spacial score (nSPS) is 23.7. The lowest BCUT2D eigenvalue weighted by atomic mass is 10.2. The third kappa shape index (κ3) is 3.74. The van der Waals surface area contributed by atoms with Crippen LogP contribution in [0, 0.1) is 6.92 Å². The van der Waals surface area contributed by atoms with Crippen LogP contribution in [0.5, 0.6) is 0 Å². The molecule has 0 radical (unpaired) electrons. The summed E-state index contributed by atoms with van der Waals surface area (Å²) in [7, 11) is 0. The first-order valence-electron chi connectivity index (χ1n) is 6.30. The molecule has 1 amide bonds. The zero-order valence-corrected chi connectivity index (χ0v) is 10.8. The van der Waals surface area contributed by atoms with Gasteiger partial charge in [0.2, 0.25) is 5.91 Å². The van der Waals surface area contributed by atoms with Crippen molar-refractivity contribution in [2.24, 2.45) is 0 Å². The molecule has 1 aromatic heterocycles. The highest BCUT2D eigenvalue weighted by Crippen LogP contribution is 2.20. The summed E-state index contributed by atoms with van der Waals surface area (Å²) in [6.45, 7) is 2.36. The van der Waals surface area contributed by atoms with E-state index in [1.54, 1.807) is 17.9 Å². The van der Waals surface area contributed by atoms with E-state index in [2.05, 4.69) is 10.5 Å². The lowest BCUT2D eigenvalue weighted by Crippen LogP contribution is -2.34. The van der Waals surface area contributed by atoms with Crippen molar-refractivity contribution < 1.29 is 18.8 Å². The van der Waals surface area contributed by atoms with Crippen LogP contribution in [0.4, 0.5) is 10.2 Å². The van der Waals surface area contributed by atoms with Gasteiger partial charge in [-0.05, 0) is 13.3 Å². The Balaban J connectivity index is 1.77. The van der Waals surface area contributed by atoms with Crippen molar-refractivity contribution in [3.8, 4) is 0 Å². The average Bonchev–Trinajstić information content (AvgIpc) is 2.92. The highest BCUT2D eigenvalue weighted by Gasteiger charge is 2.31. The second-order valence-corrected chi connectivity index (χ2v) is 4.79. The standard InChI is InChI=1S/C12H18FN3O3/c1-8-4-11(15-19-8)14-12(18)2-3-16-6-9(13)5-10(16)7-17/h4,9-10,17H,2-3,5-7H2,1H3,(H,14,15,18)/t9-,10-/m0/s1. The van der Waals surface area contributed by atoms with Gasteiger partial charge in [0.1, 0.15) is 11.9 Å². The lowest BCUT2D eigenvalue weighted by molar-refractivity contribution is -0.116. The third-order valence-corrected chi connectivity index (χ3v) is 3.21. The van der Waals surface area contributed by atoms with Gasteiger partial charge >= 0.3 is 0 Å². The van der Waals surface area contributed by atoms with E-state index in [1.165, 1.54) is 0 Å². The Morgan fingerprint density at radius 2 is 2.53 bits per heavy atom. The number of alkyl halides is 1. The van der Waals surface area contributed by atoms with E-state index in [-0.39, 0.29) is 31.5 Å². The number of hydrogen-bond donors (Lipinski definition) is 2. The van der Waals surface area contributed by atoms with Gasteiger partial charge < -0.3 is 14.9 Å². The minimum absolute atomic E-state index is 0.0788. The van der Waals surface area contributed by atoms with Crippen molar-refractivity contribution in [2.75, 3.05) is 25.0 Å². The highest BCUT2D eigenvalue weighted by atomic mass is 19.1. The third-order valence-electron chi connectivity index (χ3n) is 3.21. The summed E-state index contributed by atoms with van der Waals surface area (Å²) in [6.07, 6.45) is -0.353. The van der Waals surface area contributed by atoms with E-state index in [1.807, 2.05) is 0 Å².